The van der Waals surface area contributed by atoms with Crippen molar-refractivity contribution in [1.82, 2.24) is 0 Å². The first-order valence-electron chi connectivity index (χ1n) is 8.53. The second kappa shape index (κ2) is 7.95. The Kier molecular flexibility index (Phi) is 5.70. The number of hydrogen-bond acceptors (Lipinski definition) is 4. The first-order valence-corrected chi connectivity index (χ1v) is 8.53. The molecule has 1 aromatic carbocycles. The van der Waals surface area contributed by atoms with Gasteiger partial charge in [0, 0.05) is 5.56 Å². The van der Waals surface area contributed by atoms with Gasteiger partial charge in [0.05, 0.1) is 25.9 Å². The van der Waals surface area contributed by atoms with Crippen LogP contribution in [-0.2, 0) is 14.2 Å². The summed E-state index contributed by atoms with van der Waals surface area (Å²) in [6, 6.07) is 7.86. The fourth-order valence-corrected chi connectivity index (χ4v) is 3.08. The molecule has 2 aliphatic heterocycles. The molecule has 3 rings (SSSR count). The number of benzene rings is 1. The summed E-state index contributed by atoms with van der Waals surface area (Å²) in [7, 11) is 1.67. The third-order valence-electron chi connectivity index (χ3n) is 4.48. The molecule has 126 valence electrons. The molecule has 0 unspecified atom stereocenters. The number of methoxy groups -OCH3 is 1. The minimum atomic E-state index is -0.320. The van der Waals surface area contributed by atoms with Crippen LogP contribution >= 0.6 is 0 Å². The predicted molar refractivity (Wildman–Crippen MR) is 88.5 cm³/mol. The average Bonchev–Trinajstić information content (AvgIpc) is 2.71. The quantitative estimate of drug-likeness (QED) is 0.789. The lowest BCUT2D eigenvalue weighted by Gasteiger charge is -2.37. The maximum absolute atomic E-state index is 6.22. The molecule has 0 N–H and O–H groups in total. The summed E-state index contributed by atoms with van der Waals surface area (Å²) in [5.74, 6) is 0.838. The first kappa shape index (κ1) is 16.5. The van der Waals surface area contributed by atoms with Crippen molar-refractivity contribution in [1.29, 1.82) is 0 Å². The van der Waals surface area contributed by atoms with Crippen LogP contribution in [0.15, 0.2) is 36.4 Å². The van der Waals surface area contributed by atoms with Gasteiger partial charge in [0.15, 0.2) is 6.29 Å². The topological polar surface area (TPSA) is 36.9 Å². The SMILES string of the molecule is CC[C@H]1/C=C\CCC[C@@H]2O[C@H](c3ccc(OC)cc3)OC[C@H]2O1. The van der Waals surface area contributed by atoms with Gasteiger partial charge in [0.1, 0.15) is 11.9 Å². The third kappa shape index (κ3) is 4.14. The lowest BCUT2D eigenvalue weighted by molar-refractivity contribution is -0.271. The number of rotatable bonds is 3. The largest absolute Gasteiger partial charge is 0.497 e. The monoisotopic (exact) mass is 318 g/mol. The molecular formula is C19H26O4. The number of allylic oxidation sites excluding steroid dienone is 1. The zero-order valence-corrected chi connectivity index (χ0v) is 13.9. The molecule has 1 saturated heterocycles. The van der Waals surface area contributed by atoms with Gasteiger partial charge in [-0.15, -0.1) is 0 Å². The fraction of sp³-hybridized carbons (Fsp3) is 0.579. The van der Waals surface area contributed by atoms with Crippen molar-refractivity contribution in [2.45, 2.75) is 57.2 Å². The van der Waals surface area contributed by atoms with Crippen LogP contribution in [0.2, 0.25) is 0 Å². The average molecular weight is 318 g/mol. The number of hydrogen-bond donors (Lipinski definition) is 0. The van der Waals surface area contributed by atoms with E-state index < -0.39 is 0 Å². The van der Waals surface area contributed by atoms with E-state index in [2.05, 4.69) is 19.1 Å². The van der Waals surface area contributed by atoms with Crippen LogP contribution in [0.5, 0.6) is 5.75 Å². The Morgan fingerprint density at radius 2 is 1.96 bits per heavy atom. The van der Waals surface area contributed by atoms with Crippen molar-refractivity contribution in [3.63, 3.8) is 0 Å². The minimum absolute atomic E-state index is 0.0113. The van der Waals surface area contributed by atoms with E-state index >= 15 is 0 Å². The maximum Gasteiger partial charge on any atom is 0.184 e. The minimum Gasteiger partial charge on any atom is -0.497 e. The lowest BCUT2D eigenvalue weighted by atomic mass is 10.1. The molecule has 0 radical (unpaired) electrons. The molecule has 1 fully saturated rings. The molecular weight excluding hydrogens is 292 g/mol. The van der Waals surface area contributed by atoms with E-state index in [0.29, 0.717) is 6.61 Å². The highest BCUT2D eigenvalue weighted by Crippen LogP contribution is 2.32. The predicted octanol–water partition coefficient (Wildman–Crippen LogP) is 4.01. The van der Waals surface area contributed by atoms with Crippen LogP contribution < -0.4 is 4.74 Å². The smallest absolute Gasteiger partial charge is 0.184 e. The molecule has 23 heavy (non-hydrogen) atoms. The van der Waals surface area contributed by atoms with Gasteiger partial charge in [-0.05, 0) is 37.8 Å². The van der Waals surface area contributed by atoms with Gasteiger partial charge < -0.3 is 18.9 Å². The normalized spacial score (nSPS) is 33.0. The molecule has 0 saturated carbocycles. The molecule has 0 aliphatic carbocycles. The molecule has 0 spiro atoms. The highest BCUT2D eigenvalue weighted by Gasteiger charge is 2.34. The van der Waals surface area contributed by atoms with E-state index in [1.165, 1.54) is 0 Å². The molecule has 0 bridgehead atoms. The Bertz CT molecular complexity index is 511. The molecule has 2 aliphatic rings. The van der Waals surface area contributed by atoms with E-state index in [-0.39, 0.29) is 24.6 Å². The van der Waals surface area contributed by atoms with Crippen LogP contribution in [0.25, 0.3) is 0 Å². The van der Waals surface area contributed by atoms with E-state index in [9.17, 15) is 0 Å². The molecule has 1 aromatic rings. The van der Waals surface area contributed by atoms with Gasteiger partial charge in [0.25, 0.3) is 0 Å². The molecule has 4 nitrogen and oxygen atoms in total. The first-order chi connectivity index (χ1) is 11.3. The summed E-state index contributed by atoms with van der Waals surface area (Å²) in [6.07, 6.45) is 8.52. The Morgan fingerprint density at radius 3 is 2.70 bits per heavy atom. The summed E-state index contributed by atoms with van der Waals surface area (Å²) < 4.78 is 23.5. The van der Waals surface area contributed by atoms with Gasteiger partial charge in [-0.25, -0.2) is 0 Å². The van der Waals surface area contributed by atoms with Crippen LogP contribution in [0.3, 0.4) is 0 Å². The zero-order valence-electron chi connectivity index (χ0n) is 13.9. The lowest BCUT2D eigenvalue weighted by Crippen LogP contribution is -2.43. The summed E-state index contributed by atoms with van der Waals surface area (Å²) in [6.45, 7) is 2.72. The van der Waals surface area contributed by atoms with Crippen molar-refractivity contribution in [3.05, 3.63) is 42.0 Å². The van der Waals surface area contributed by atoms with Gasteiger partial charge in [-0.3, -0.25) is 0 Å². The van der Waals surface area contributed by atoms with Crippen LogP contribution in [0.4, 0.5) is 0 Å². The Labute approximate surface area is 138 Å². The van der Waals surface area contributed by atoms with Crippen LogP contribution in [0, 0.1) is 0 Å². The molecule has 0 aromatic heterocycles. The molecule has 4 heteroatoms. The van der Waals surface area contributed by atoms with E-state index in [4.69, 9.17) is 18.9 Å². The van der Waals surface area contributed by atoms with Gasteiger partial charge in [-0.1, -0.05) is 31.2 Å². The van der Waals surface area contributed by atoms with Crippen molar-refractivity contribution in [2.24, 2.45) is 0 Å². The van der Waals surface area contributed by atoms with Crippen molar-refractivity contribution in [3.8, 4) is 5.75 Å². The third-order valence-corrected chi connectivity index (χ3v) is 4.48. The molecule has 2 heterocycles. The van der Waals surface area contributed by atoms with Crippen molar-refractivity contribution >= 4 is 0 Å². The molecule has 0 amide bonds. The Morgan fingerprint density at radius 1 is 1.13 bits per heavy atom. The van der Waals surface area contributed by atoms with E-state index in [1.807, 2.05) is 24.3 Å². The van der Waals surface area contributed by atoms with Crippen molar-refractivity contribution in [2.75, 3.05) is 13.7 Å². The van der Waals surface area contributed by atoms with E-state index in [1.54, 1.807) is 7.11 Å². The van der Waals surface area contributed by atoms with Gasteiger partial charge in [0.2, 0.25) is 0 Å². The van der Waals surface area contributed by atoms with Crippen molar-refractivity contribution < 1.29 is 18.9 Å². The highest BCUT2D eigenvalue weighted by atomic mass is 16.7. The fourth-order valence-electron chi connectivity index (χ4n) is 3.08. The van der Waals surface area contributed by atoms with Gasteiger partial charge >= 0.3 is 0 Å². The summed E-state index contributed by atoms with van der Waals surface area (Å²) in [5, 5.41) is 0. The number of ether oxygens (including phenoxy) is 4. The summed E-state index contributed by atoms with van der Waals surface area (Å²) in [5.41, 5.74) is 1.02. The Hall–Kier alpha value is -1.36. The van der Waals surface area contributed by atoms with Crippen LogP contribution in [-0.4, -0.2) is 32.0 Å². The second-order valence-corrected chi connectivity index (χ2v) is 6.09. The molecule has 4 atom stereocenters. The Balaban J connectivity index is 1.68. The standard InChI is InChI=1S/C19H26O4/c1-3-15-7-5-4-6-8-17-18(22-15)13-21-19(23-17)14-9-11-16(20-2)12-10-14/h5,7,9-12,15,17-19H,3-4,6,8,13H2,1-2H3/b7-5-/t15-,17-,18+,19+/m0/s1. The maximum atomic E-state index is 6.22. The van der Waals surface area contributed by atoms with Gasteiger partial charge in [-0.2, -0.15) is 0 Å². The second-order valence-electron chi connectivity index (χ2n) is 6.09. The highest BCUT2D eigenvalue weighted by molar-refractivity contribution is 5.28. The van der Waals surface area contributed by atoms with E-state index in [0.717, 1.165) is 37.0 Å². The number of fused-ring (bicyclic) bond motifs is 1. The zero-order chi connectivity index (χ0) is 16.1. The summed E-state index contributed by atoms with van der Waals surface area (Å²) >= 11 is 0. The summed E-state index contributed by atoms with van der Waals surface area (Å²) in [4.78, 5) is 0. The van der Waals surface area contributed by atoms with Crippen LogP contribution in [0.1, 0.15) is 44.5 Å².